The van der Waals surface area contributed by atoms with E-state index < -0.39 is 0 Å². The van der Waals surface area contributed by atoms with Crippen LogP contribution in [0.25, 0.3) is 81.8 Å². The fourth-order valence-corrected chi connectivity index (χ4v) is 8.47. The number of rotatable bonds is 5. The average Bonchev–Trinajstić information content (AvgIpc) is 3.75. The molecule has 50 heavy (non-hydrogen) atoms. The van der Waals surface area contributed by atoms with Gasteiger partial charge in [0.15, 0.2) is 17.5 Å². The summed E-state index contributed by atoms with van der Waals surface area (Å²) in [5.41, 5.74) is 8.36. The summed E-state index contributed by atoms with van der Waals surface area (Å²) in [6.07, 6.45) is 18.4. The van der Waals surface area contributed by atoms with E-state index in [2.05, 4.69) is 146 Å². The molecule has 1 unspecified atom stereocenters. The van der Waals surface area contributed by atoms with Crippen LogP contribution in [-0.4, -0.2) is 15.0 Å². The summed E-state index contributed by atoms with van der Waals surface area (Å²) in [5.74, 6) is 2.30. The molecule has 0 bridgehead atoms. The fourth-order valence-electron chi connectivity index (χ4n) is 7.32. The van der Waals surface area contributed by atoms with Crippen molar-refractivity contribution >= 4 is 59.0 Å². The van der Waals surface area contributed by atoms with E-state index in [1.54, 1.807) is 11.3 Å². The maximum atomic E-state index is 6.43. The number of nitrogens with zero attached hydrogens (tertiary/aromatic N) is 3. The Hall–Kier alpha value is -5.91. The number of furan rings is 1. The van der Waals surface area contributed by atoms with Crippen molar-refractivity contribution in [2.24, 2.45) is 0 Å². The minimum atomic E-state index is 0.381. The molecular weight excluding hydrogens is 631 g/mol. The maximum absolute atomic E-state index is 6.43. The Morgan fingerprint density at radius 3 is 2.16 bits per heavy atom. The van der Waals surface area contributed by atoms with Crippen LogP contribution in [0, 0.1) is 0 Å². The lowest BCUT2D eigenvalue weighted by Gasteiger charge is -2.13. The van der Waals surface area contributed by atoms with Gasteiger partial charge < -0.3 is 4.42 Å². The molecule has 0 saturated carbocycles. The molecule has 5 heteroatoms. The first-order valence-corrected chi connectivity index (χ1v) is 18.0. The van der Waals surface area contributed by atoms with Gasteiger partial charge in [-0.3, -0.25) is 0 Å². The highest BCUT2D eigenvalue weighted by atomic mass is 32.1. The van der Waals surface area contributed by atoms with E-state index in [0.29, 0.717) is 23.4 Å². The smallest absolute Gasteiger partial charge is 0.164 e. The summed E-state index contributed by atoms with van der Waals surface area (Å²) in [7, 11) is 0. The quantitative estimate of drug-likeness (QED) is 0.184. The second-order valence-corrected chi connectivity index (χ2v) is 14.2. The van der Waals surface area contributed by atoms with Crippen LogP contribution in [0.1, 0.15) is 36.3 Å². The molecule has 0 fully saturated rings. The minimum absolute atomic E-state index is 0.381. The van der Waals surface area contributed by atoms with Gasteiger partial charge in [0.25, 0.3) is 0 Å². The molecule has 4 nitrogen and oxygen atoms in total. The molecule has 238 valence electrons. The average molecular weight is 662 g/mol. The highest BCUT2D eigenvalue weighted by Gasteiger charge is 2.18. The second kappa shape index (κ2) is 11.9. The Bertz CT molecular complexity index is 2760. The third-order valence-corrected chi connectivity index (χ3v) is 11.1. The number of benzene rings is 5. The van der Waals surface area contributed by atoms with Gasteiger partial charge >= 0.3 is 0 Å². The van der Waals surface area contributed by atoms with Crippen LogP contribution < -0.4 is 0 Å². The molecule has 0 N–H and O–H groups in total. The summed E-state index contributed by atoms with van der Waals surface area (Å²) in [6, 6.07) is 36.6. The van der Waals surface area contributed by atoms with Crippen molar-refractivity contribution in [1.29, 1.82) is 0 Å². The SMILES string of the molecule is C1=CCCC(c2cccc(-c3nc(-c4ccc5c(c4)oc4ccc(C6C=CC=CC6)cc45)nc(-c4ccc5c(c4)sc4ccccc45)n3)c2)=C1. The lowest BCUT2D eigenvalue weighted by Crippen LogP contribution is -2.00. The van der Waals surface area contributed by atoms with Crippen molar-refractivity contribution in [3.63, 3.8) is 0 Å². The predicted molar refractivity (Wildman–Crippen MR) is 208 cm³/mol. The van der Waals surface area contributed by atoms with E-state index >= 15 is 0 Å². The minimum Gasteiger partial charge on any atom is -0.456 e. The Morgan fingerprint density at radius 2 is 1.34 bits per heavy atom. The van der Waals surface area contributed by atoms with Crippen molar-refractivity contribution < 1.29 is 4.42 Å². The normalized spacial score (nSPS) is 15.8. The molecule has 0 amide bonds. The molecule has 1 atom stereocenters. The summed E-state index contributed by atoms with van der Waals surface area (Å²) in [4.78, 5) is 15.3. The van der Waals surface area contributed by atoms with Gasteiger partial charge in [0.1, 0.15) is 11.2 Å². The number of aromatic nitrogens is 3. The van der Waals surface area contributed by atoms with Crippen molar-refractivity contribution in [3.8, 4) is 34.2 Å². The van der Waals surface area contributed by atoms with Gasteiger partial charge in [-0.15, -0.1) is 11.3 Å². The van der Waals surface area contributed by atoms with Crippen LogP contribution >= 0.6 is 11.3 Å². The molecule has 0 saturated heterocycles. The first-order valence-electron chi connectivity index (χ1n) is 17.2. The van der Waals surface area contributed by atoms with E-state index in [9.17, 15) is 0 Å². The number of thiophene rings is 1. The predicted octanol–water partition coefficient (Wildman–Crippen LogP) is 12.5. The Kier molecular flexibility index (Phi) is 6.91. The van der Waals surface area contributed by atoms with Crippen LogP contribution in [0.2, 0.25) is 0 Å². The molecule has 3 heterocycles. The molecule has 0 radical (unpaired) electrons. The number of allylic oxidation sites excluding steroid dienone is 8. The van der Waals surface area contributed by atoms with Crippen molar-refractivity contribution in [3.05, 3.63) is 157 Å². The van der Waals surface area contributed by atoms with Crippen molar-refractivity contribution in [2.45, 2.75) is 25.2 Å². The van der Waals surface area contributed by atoms with Gasteiger partial charge in [0.2, 0.25) is 0 Å². The summed E-state index contributed by atoms with van der Waals surface area (Å²) < 4.78 is 8.93. The molecular formula is C45H31N3OS. The lowest BCUT2D eigenvalue weighted by molar-refractivity contribution is 0.668. The van der Waals surface area contributed by atoms with E-state index in [-0.39, 0.29) is 0 Å². The Morgan fingerprint density at radius 1 is 0.560 bits per heavy atom. The number of hydrogen-bond donors (Lipinski definition) is 0. The molecule has 10 rings (SSSR count). The zero-order valence-corrected chi connectivity index (χ0v) is 28.0. The molecule has 5 aromatic carbocycles. The zero-order valence-electron chi connectivity index (χ0n) is 27.2. The van der Waals surface area contributed by atoms with E-state index in [1.807, 2.05) is 0 Å². The topological polar surface area (TPSA) is 51.8 Å². The molecule has 0 aliphatic heterocycles. The van der Waals surface area contributed by atoms with E-state index in [1.165, 1.54) is 36.9 Å². The van der Waals surface area contributed by atoms with Crippen molar-refractivity contribution in [2.75, 3.05) is 0 Å². The van der Waals surface area contributed by atoms with Gasteiger partial charge in [-0.05, 0) is 78.4 Å². The van der Waals surface area contributed by atoms with Crippen LogP contribution in [-0.2, 0) is 0 Å². The fraction of sp³-hybridized carbons (Fsp3) is 0.0889. The molecule has 2 aliphatic carbocycles. The highest BCUT2D eigenvalue weighted by molar-refractivity contribution is 7.25. The third-order valence-electron chi connectivity index (χ3n) is 9.94. The standard InChI is InChI=1S/C45H31N3OS/c1-3-10-28(11-4-1)30-14-9-15-32(24-30)43-46-44(48-45(47-43)34-19-22-37-36-16-7-8-17-41(36)50-42(37)27-34)33-18-21-35-38-25-31(29-12-5-2-6-13-29)20-23-39(38)49-40(35)26-33/h1-3,5-10,12,14-27,29H,4,11,13H2. The van der Waals surface area contributed by atoms with Gasteiger partial charge in [-0.2, -0.15) is 0 Å². The Labute approximate surface area is 293 Å². The maximum Gasteiger partial charge on any atom is 0.164 e. The van der Waals surface area contributed by atoms with Gasteiger partial charge in [0.05, 0.1) is 0 Å². The summed E-state index contributed by atoms with van der Waals surface area (Å²) in [6.45, 7) is 0. The van der Waals surface area contributed by atoms with E-state index in [0.717, 1.165) is 57.9 Å². The first-order chi connectivity index (χ1) is 24.7. The first kappa shape index (κ1) is 29.0. The van der Waals surface area contributed by atoms with Gasteiger partial charge in [-0.25, -0.2) is 15.0 Å². The zero-order chi connectivity index (χ0) is 33.0. The highest BCUT2D eigenvalue weighted by Crippen LogP contribution is 2.38. The molecule has 8 aromatic rings. The van der Waals surface area contributed by atoms with Gasteiger partial charge in [0, 0.05) is 53.6 Å². The van der Waals surface area contributed by atoms with Gasteiger partial charge in [-0.1, -0.05) is 103 Å². The third kappa shape index (κ3) is 5.10. The molecule has 0 spiro atoms. The van der Waals surface area contributed by atoms with Crippen LogP contribution in [0.15, 0.2) is 150 Å². The number of hydrogen-bond acceptors (Lipinski definition) is 5. The largest absolute Gasteiger partial charge is 0.456 e. The molecule has 3 aromatic heterocycles. The number of fused-ring (bicyclic) bond motifs is 6. The summed E-state index contributed by atoms with van der Waals surface area (Å²) in [5, 5.41) is 4.75. The monoisotopic (exact) mass is 661 g/mol. The van der Waals surface area contributed by atoms with Crippen LogP contribution in [0.5, 0.6) is 0 Å². The molecule has 2 aliphatic rings. The Balaban J connectivity index is 1.11. The second-order valence-electron chi connectivity index (χ2n) is 13.1. The van der Waals surface area contributed by atoms with Crippen molar-refractivity contribution in [1.82, 2.24) is 15.0 Å². The van der Waals surface area contributed by atoms with E-state index in [4.69, 9.17) is 19.4 Å². The van der Waals surface area contributed by atoms with Crippen LogP contribution in [0.3, 0.4) is 0 Å². The summed E-state index contributed by atoms with van der Waals surface area (Å²) >= 11 is 1.80. The lowest BCUT2D eigenvalue weighted by atomic mass is 9.91. The van der Waals surface area contributed by atoms with Crippen LogP contribution in [0.4, 0.5) is 0 Å².